The standard InChI is InChI=1S/C17H20N2O2/c1-3-19(12-13-7-5-4-6-8-13)17(20)14-9-10-16(21-2)15(18)11-14/h4-11H,3,12,18H2,1-2H3. The molecule has 0 aromatic heterocycles. The third-order valence-corrected chi connectivity index (χ3v) is 3.36. The number of carbonyl (C=O) groups is 1. The molecular formula is C17H20N2O2. The van der Waals surface area contributed by atoms with Gasteiger partial charge in [-0.1, -0.05) is 30.3 Å². The molecular weight excluding hydrogens is 264 g/mol. The van der Waals surface area contributed by atoms with Crippen LogP contribution >= 0.6 is 0 Å². The summed E-state index contributed by atoms with van der Waals surface area (Å²) in [4.78, 5) is 14.3. The SMILES string of the molecule is CCN(Cc1ccccc1)C(=O)c1ccc(OC)c(N)c1. The van der Waals surface area contributed by atoms with Gasteiger partial charge in [-0.3, -0.25) is 4.79 Å². The summed E-state index contributed by atoms with van der Waals surface area (Å²) >= 11 is 0. The van der Waals surface area contributed by atoms with Crippen molar-refractivity contribution in [3.63, 3.8) is 0 Å². The number of nitrogens with two attached hydrogens (primary N) is 1. The van der Waals surface area contributed by atoms with Crippen molar-refractivity contribution in [2.24, 2.45) is 0 Å². The number of hydrogen-bond acceptors (Lipinski definition) is 3. The third-order valence-electron chi connectivity index (χ3n) is 3.36. The maximum Gasteiger partial charge on any atom is 0.254 e. The number of hydrogen-bond donors (Lipinski definition) is 1. The van der Waals surface area contributed by atoms with E-state index in [0.29, 0.717) is 30.1 Å². The van der Waals surface area contributed by atoms with Crippen molar-refractivity contribution in [1.29, 1.82) is 0 Å². The second-order valence-corrected chi connectivity index (χ2v) is 4.76. The first-order valence-corrected chi connectivity index (χ1v) is 6.92. The van der Waals surface area contributed by atoms with Crippen LogP contribution in [0.15, 0.2) is 48.5 Å². The number of carbonyl (C=O) groups excluding carboxylic acids is 1. The van der Waals surface area contributed by atoms with E-state index in [-0.39, 0.29) is 5.91 Å². The molecule has 0 unspecified atom stereocenters. The zero-order chi connectivity index (χ0) is 15.2. The lowest BCUT2D eigenvalue weighted by Gasteiger charge is -2.21. The Bertz CT molecular complexity index is 611. The molecule has 2 aromatic rings. The molecule has 1 amide bonds. The van der Waals surface area contributed by atoms with Crippen LogP contribution in [0.5, 0.6) is 5.75 Å². The molecule has 2 aromatic carbocycles. The van der Waals surface area contributed by atoms with Gasteiger partial charge < -0.3 is 15.4 Å². The van der Waals surface area contributed by atoms with Gasteiger partial charge in [-0.05, 0) is 30.7 Å². The van der Waals surface area contributed by atoms with E-state index in [9.17, 15) is 4.79 Å². The number of benzene rings is 2. The summed E-state index contributed by atoms with van der Waals surface area (Å²) in [5.41, 5.74) is 8.02. The maximum atomic E-state index is 12.6. The average Bonchev–Trinajstić information content (AvgIpc) is 2.53. The fourth-order valence-electron chi connectivity index (χ4n) is 2.18. The molecule has 0 saturated heterocycles. The summed E-state index contributed by atoms with van der Waals surface area (Å²) in [6, 6.07) is 15.1. The van der Waals surface area contributed by atoms with E-state index >= 15 is 0 Å². The van der Waals surface area contributed by atoms with Crippen LogP contribution in [0.4, 0.5) is 5.69 Å². The van der Waals surface area contributed by atoms with E-state index in [0.717, 1.165) is 5.56 Å². The number of anilines is 1. The highest BCUT2D eigenvalue weighted by atomic mass is 16.5. The smallest absolute Gasteiger partial charge is 0.254 e. The molecule has 4 nitrogen and oxygen atoms in total. The van der Waals surface area contributed by atoms with Crippen LogP contribution < -0.4 is 10.5 Å². The minimum atomic E-state index is -0.0318. The van der Waals surface area contributed by atoms with Crippen LogP contribution in [-0.2, 0) is 6.54 Å². The summed E-state index contributed by atoms with van der Waals surface area (Å²) in [5, 5.41) is 0. The van der Waals surface area contributed by atoms with Crippen molar-refractivity contribution in [3.8, 4) is 5.75 Å². The third kappa shape index (κ3) is 3.54. The lowest BCUT2D eigenvalue weighted by atomic mass is 10.1. The van der Waals surface area contributed by atoms with E-state index in [4.69, 9.17) is 10.5 Å². The van der Waals surface area contributed by atoms with Crippen LogP contribution in [0.3, 0.4) is 0 Å². The number of ether oxygens (including phenoxy) is 1. The average molecular weight is 284 g/mol. The predicted octanol–water partition coefficient (Wildman–Crippen LogP) is 2.94. The number of amides is 1. The topological polar surface area (TPSA) is 55.6 Å². The Labute approximate surface area is 125 Å². The van der Waals surface area contributed by atoms with Crippen molar-refractivity contribution in [2.45, 2.75) is 13.5 Å². The molecule has 0 bridgehead atoms. The Hall–Kier alpha value is -2.49. The highest BCUT2D eigenvalue weighted by Crippen LogP contribution is 2.23. The predicted molar refractivity (Wildman–Crippen MR) is 84.3 cm³/mol. The molecule has 0 aliphatic rings. The number of methoxy groups -OCH3 is 1. The molecule has 0 heterocycles. The number of rotatable bonds is 5. The van der Waals surface area contributed by atoms with Gasteiger partial charge in [0.05, 0.1) is 12.8 Å². The van der Waals surface area contributed by atoms with Crippen molar-refractivity contribution in [2.75, 3.05) is 19.4 Å². The van der Waals surface area contributed by atoms with E-state index in [2.05, 4.69) is 0 Å². The quantitative estimate of drug-likeness (QED) is 0.859. The van der Waals surface area contributed by atoms with Crippen LogP contribution in [0.1, 0.15) is 22.8 Å². The number of nitrogen functional groups attached to an aromatic ring is 1. The van der Waals surface area contributed by atoms with Crippen molar-refractivity contribution in [1.82, 2.24) is 4.90 Å². The van der Waals surface area contributed by atoms with Crippen molar-refractivity contribution >= 4 is 11.6 Å². The van der Waals surface area contributed by atoms with Crippen LogP contribution in [0, 0.1) is 0 Å². The Morgan fingerprint density at radius 3 is 2.48 bits per heavy atom. The van der Waals surface area contributed by atoms with E-state index in [1.807, 2.05) is 37.3 Å². The fourth-order valence-corrected chi connectivity index (χ4v) is 2.18. The minimum Gasteiger partial charge on any atom is -0.495 e. The lowest BCUT2D eigenvalue weighted by molar-refractivity contribution is 0.0752. The van der Waals surface area contributed by atoms with Crippen LogP contribution in [0.25, 0.3) is 0 Å². The molecule has 0 spiro atoms. The molecule has 4 heteroatoms. The van der Waals surface area contributed by atoms with Gasteiger partial charge in [0.1, 0.15) is 5.75 Å². The Morgan fingerprint density at radius 2 is 1.90 bits per heavy atom. The zero-order valence-electron chi connectivity index (χ0n) is 12.4. The first-order valence-electron chi connectivity index (χ1n) is 6.92. The molecule has 2 N–H and O–H groups in total. The van der Waals surface area contributed by atoms with Crippen molar-refractivity contribution in [3.05, 3.63) is 59.7 Å². The van der Waals surface area contributed by atoms with Gasteiger partial charge >= 0.3 is 0 Å². The van der Waals surface area contributed by atoms with Gasteiger partial charge in [0, 0.05) is 18.7 Å². The molecule has 0 radical (unpaired) electrons. The van der Waals surface area contributed by atoms with Gasteiger partial charge in [0.15, 0.2) is 0 Å². The summed E-state index contributed by atoms with van der Waals surface area (Å²) in [6.07, 6.45) is 0. The molecule has 21 heavy (non-hydrogen) atoms. The molecule has 0 saturated carbocycles. The monoisotopic (exact) mass is 284 g/mol. The van der Waals surface area contributed by atoms with Gasteiger partial charge in [0.2, 0.25) is 0 Å². The van der Waals surface area contributed by atoms with Gasteiger partial charge in [-0.15, -0.1) is 0 Å². The zero-order valence-corrected chi connectivity index (χ0v) is 12.4. The molecule has 0 aliphatic heterocycles. The van der Waals surface area contributed by atoms with Gasteiger partial charge in [-0.25, -0.2) is 0 Å². The second-order valence-electron chi connectivity index (χ2n) is 4.76. The summed E-state index contributed by atoms with van der Waals surface area (Å²) < 4.78 is 5.11. The van der Waals surface area contributed by atoms with Crippen molar-refractivity contribution < 1.29 is 9.53 Å². The van der Waals surface area contributed by atoms with Gasteiger partial charge in [0.25, 0.3) is 5.91 Å². The molecule has 110 valence electrons. The normalized spacial score (nSPS) is 10.2. The second kappa shape index (κ2) is 6.79. The number of nitrogens with zero attached hydrogens (tertiary/aromatic N) is 1. The van der Waals surface area contributed by atoms with E-state index in [1.54, 1.807) is 30.2 Å². The minimum absolute atomic E-state index is 0.0318. The molecule has 2 rings (SSSR count). The van der Waals surface area contributed by atoms with E-state index in [1.165, 1.54) is 0 Å². The Balaban J connectivity index is 2.18. The van der Waals surface area contributed by atoms with Crippen LogP contribution in [-0.4, -0.2) is 24.5 Å². The molecule has 0 aliphatic carbocycles. The first-order chi connectivity index (χ1) is 10.2. The highest BCUT2D eigenvalue weighted by Gasteiger charge is 2.15. The van der Waals surface area contributed by atoms with E-state index < -0.39 is 0 Å². The highest BCUT2D eigenvalue weighted by molar-refractivity contribution is 5.95. The largest absolute Gasteiger partial charge is 0.495 e. The fraction of sp³-hybridized carbons (Fsp3) is 0.235. The first kappa shape index (κ1) is 14.9. The Kier molecular flexibility index (Phi) is 4.82. The molecule has 0 fully saturated rings. The summed E-state index contributed by atoms with van der Waals surface area (Å²) in [5.74, 6) is 0.549. The Morgan fingerprint density at radius 1 is 1.19 bits per heavy atom. The summed E-state index contributed by atoms with van der Waals surface area (Å²) in [7, 11) is 1.56. The summed E-state index contributed by atoms with van der Waals surface area (Å²) in [6.45, 7) is 3.19. The lowest BCUT2D eigenvalue weighted by Crippen LogP contribution is -2.30. The maximum absolute atomic E-state index is 12.6. The molecule has 0 atom stereocenters. The van der Waals surface area contributed by atoms with Gasteiger partial charge in [-0.2, -0.15) is 0 Å². The van der Waals surface area contributed by atoms with Crippen LogP contribution in [0.2, 0.25) is 0 Å².